The number of nitrogens with zero attached hydrogens (tertiary/aromatic N) is 4. The highest BCUT2D eigenvalue weighted by Gasteiger charge is 2.33. The van der Waals surface area contributed by atoms with Gasteiger partial charge in [0.1, 0.15) is 11.9 Å². The van der Waals surface area contributed by atoms with Crippen LogP contribution in [0.4, 0.5) is 16.4 Å². The van der Waals surface area contributed by atoms with Gasteiger partial charge in [-0.05, 0) is 48.9 Å². The standard InChI is InChI=1S/C24H24N6O5/c1-33-22-4-2-3-17(27-22)18-11-15(7-10-26-18)12-25-9-8-16-13-30(24(32)35-16)20-6-5-19-23(28-20)29-21(31)14-34-19/h2-7,10-11,16,25H,8-9,12-14H2,1H3,(H,28,29,31)/t16-/m0/s1. The van der Waals surface area contributed by atoms with Gasteiger partial charge in [0.25, 0.3) is 5.91 Å². The number of ether oxygens (including phenoxy) is 3. The summed E-state index contributed by atoms with van der Waals surface area (Å²) in [5, 5.41) is 6.03. The molecule has 1 saturated heterocycles. The third-order valence-corrected chi connectivity index (χ3v) is 5.60. The quantitative estimate of drug-likeness (QED) is 0.471. The first-order valence-corrected chi connectivity index (χ1v) is 11.2. The van der Waals surface area contributed by atoms with E-state index in [1.165, 1.54) is 4.90 Å². The summed E-state index contributed by atoms with van der Waals surface area (Å²) in [7, 11) is 1.58. The monoisotopic (exact) mass is 476 g/mol. The number of cyclic esters (lactones) is 1. The summed E-state index contributed by atoms with van der Waals surface area (Å²) in [4.78, 5) is 38.6. The highest BCUT2D eigenvalue weighted by Crippen LogP contribution is 2.30. The smallest absolute Gasteiger partial charge is 0.415 e. The van der Waals surface area contributed by atoms with E-state index in [2.05, 4.69) is 25.6 Å². The molecule has 5 heterocycles. The average molecular weight is 476 g/mol. The van der Waals surface area contributed by atoms with Gasteiger partial charge in [0.05, 0.1) is 25.0 Å². The molecule has 11 nitrogen and oxygen atoms in total. The first-order valence-electron chi connectivity index (χ1n) is 11.2. The van der Waals surface area contributed by atoms with Crippen molar-refractivity contribution >= 4 is 23.6 Å². The van der Waals surface area contributed by atoms with Gasteiger partial charge < -0.3 is 24.8 Å². The van der Waals surface area contributed by atoms with Crippen molar-refractivity contribution in [3.05, 3.63) is 54.2 Å². The molecule has 0 saturated carbocycles. The lowest BCUT2D eigenvalue weighted by Crippen LogP contribution is -2.29. The predicted octanol–water partition coefficient (Wildman–Crippen LogP) is 2.38. The van der Waals surface area contributed by atoms with Crippen LogP contribution in [0.3, 0.4) is 0 Å². The molecule has 2 amide bonds. The number of rotatable bonds is 8. The highest BCUT2D eigenvalue weighted by atomic mass is 16.6. The summed E-state index contributed by atoms with van der Waals surface area (Å²) >= 11 is 0. The number of methoxy groups -OCH3 is 1. The molecule has 3 aromatic rings. The number of nitrogens with one attached hydrogen (secondary N) is 2. The Kier molecular flexibility index (Phi) is 6.40. The van der Waals surface area contributed by atoms with Gasteiger partial charge in [-0.25, -0.2) is 14.8 Å². The van der Waals surface area contributed by atoms with E-state index >= 15 is 0 Å². The van der Waals surface area contributed by atoms with Crippen molar-refractivity contribution in [3.8, 4) is 23.0 Å². The number of pyridine rings is 3. The molecule has 0 aromatic carbocycles. The van der Waals surface area contributed by atoms with Gasteiger partial charge in [0.2, 0.25) is 5.88 Å². The number of carbonyl (C=O) groups is 2. The fourth-order valence-corrected chi connectivity index (χ4v) is 3.85. The Morgan fingerprint density at radius 2 is 2.09 bits per heavy atom. The van der Waals surface area contributed by atoms with Crippen LogP contribution in [0.25, 0.3) is 11.4 Å². The van der Waals surface area contributed by atoms with Crippen molar-refractivity contribution in [2.75, 3.05) is 37.0 Å². The molecule has 1 atom stereocenters. The Morgan fingerprint density at radius 1 is 1.17 bits per heavy atom. The fourth-order valence-electron chi connectivity index (χ4n) is 3.85. The number of carbonyl (C=O) groups excluding carboxylic acids is 2. The van der Waals surface area contributed by atoms with Crippen LogP contribution < -0.4 is 25.0 Å². The third kappa shape index (κ3) is 5.14. The van der Waals surface area contributed by atoms with Gasteiger partial charge in [0.15, 0.2) is 18.2 Å². The number of amides is 2. The Morgan fingerprint density at radius 3 is 2.97 bits per heavy atom. The Hall–Kier alpha value is -4.25. The number of anilines is 2. The van der Waals surface area contributed by atoms with E-state index in [0.29, 0.717) is 49.3 Å². The van der Waals surface area contributed by atoms with E-state index in [1.807, 2.05) is 24.3 Å². The first-order chi connectivity index (χ1) is 17.1. The molecule has 0 bridgehead atoms. The van der Waals surface area contributed by atoms with Gasteiger partial charge in [0, 0.05) is 18.8 Å². The molecule has 0 spiro atoms. The van der Waals surface area contributed by atoms with Crippen LogP contribution in [0.5, 0.6) is 11.6 Å². The molecule has 5 rings (SSSR count). The lowest BCUT2D eigenvalue weighted by atomic mass is 10.1. The Labute approximate surface area is 201 Å². The minimum atomic E-state index is -0.463. The van der Waals surface area contributed by atoms with Gasteiger partial charge >= 0.3 is 6.09 Å². The molecular formula is C24H24N6O5. The van der Waals surface area contributed by atoms with Crippen molar-refractivity contribution in [3.63, 3.8) is 0 Å². The number of aromatic nitrogens is 3. The van der Waals surface area contributed by atoms with Crippen molar-refractivity contribution in [1.82, 2.24) is 20.3 Å². The molecule has 35 heavy (non-hydrogen) atoms. The molecule has 2 aliphatic rings. The first kappa shape index (κ1) is 22.5. The second-order valence-electron chi connectivity index (χ2n) is 8.05. The topological polar surface area (TPSA) is 128 Å². The normalized spacial score (nSPS) is 16.8. The number of hydrogen-bond acceptors (Lipinski definition) is 9. The SMILES string of the molecule is COc1cccc(-c2cc(CNCC[C@H]3CN(c4ccc5c(n4)NC(=O)CO5)C(=O)O3)ccn2)n1. The maximum atomic E-state index is 12.4. The molecular weight excluding hydrogens is 452 g/mol. The minimum Gasteiger partial charge on any atom is -0.481 e. The maximum absolute atomic E-state index is 12.4. The predicted molar refractivity (Wildman–Crippen MR) is 126 cm³/mol. The summed E-state index contributed by atoms with van der Waals surface area (Å²) in [6.45, 7) is 1.62. The summed E-state index contributed by atoms with van der Waals surface area (Å²) < 4.78 is 16.0. The van der Waals surface area contributed by atoms with E-state index in [9.17, 15) is 9.59 Å². The Balaban J connectivity index is 1.13. The molecule has 11 heteroatoms. The van der Waals surface area contributed by atoms with E-state index in [1.54, 1.807) is 31.5 Å². The van der Waals surface area contributed by atoms with Crippen molar-refractivity contribution in [1.29, 1.82) is 0 Å². The fraction of sp³-hybridized carbons (Fsp3) is 0.292. The van der Waals surface area contributed by atoms with Crippen LogP contribution in [-0.4, -0.2) is 59.9 Å². The van der Waals surface area contributed by atoms with Gasteiger partial charge in [-0.3, -0.25) is 14.7 Å². The van der Waals surface area contributed by atoms with Crippen LogP contribution in [0, 0.1) is 0 Å². The lowest BCUT2D eigenvalue weighted by molar-refractivity contribution is -0.118. The number of hydrogen-bond donors (Lipinski definition) is 2. The van der Waals surface area contributed by atoms with E-state index in [-0.39, 0.29) is 18.6 Å². The van der Waals surface area contributed by atoms with Gasteiger partial charge in [-0.1, -0.05) is 6.07 Å². The molecule has 0 aliphatic carbocycles. The second-order valence-corrected chi connectivity index (χ2v) is 8.05. The summed E-state index contributed by atoms with van der Waals surface area (Å²) in [5.74, 6) is 1.44. The van der Waals surface area contributed by atoms with Crippen molar-refractivity contribution in [2.45, 2.75) is 19.1 Å². The van der Waals surface area contributed by atoms with Crippen LogP contribution in [0.2, 0.25) is 0 Å². The van der Waals surface area contributed by atoms with Crippen molar-refractivity contribution < 1.29 is 23.8 Å². The largest absolute Gasteiger partial charge is 0.481 e. The average Bonchev–Trinajstić information content (AvgIpc) is 3.26. The zero-order chi connectivity index (χ0) is 24.2. The van der Waals surface area contributed by atoms with E-state index in [0.717, 1.165) is 17.0 Å². The maximum Gasteiger partial charge on any atom is 0.415 e. The molecule has 2 aliphatic heterocycles. The molecule has 0 radical (unpaired) electrons. The van der Waals surface area contributed by atoms with Gasteiger partial charge in [-0.2, -0.15) is 0 Å². The lowest BCUT2D eigenvalue weighted by Gasteiger charge is -2.19. The summed E-state index contributed by atoms with van der Waals surface area (Å²) in [5.41, 5.74) is 2.57. The molecule has 3 aromatic heterocycles. The minimum absolute atomic E-state index is 0.0481. The Bertz CT molecular complexity index is 1250. The van der Waals surface area contributed by atoms with Crippen molar-refractivity contribution in [2.24, 2.45) is 0 Å². The summed E-state index contributed by atoms with van der Waals surface area (Å²) in [6, 6.07) is 12.8. The highest BCUT2D eigenvalue weighted by molar-refractivity contribution is 5.95. The zero-order valence-corrected chi connectivity index (χ0v) is 19.1. The zero-order valence-electron chi connectivity index (χ0n) is 19.1. The van der Waals surface area contributed by atoms with E-state index in [4.69, 9.17) is 14.2 Å². The van der Waals surface area contributed by atoms with Crippen LogP contribution >= 0.6 is 0 Å². The van der Waals surface area contributed by atoms with Gasteiger partial charge in [-0.15, -0.1) is 0 Å². The van der Waals surface area contributed by atoms with Crippen LogP contribution in [0.1, 0.15) is 12.0 Å². The van der Waals surface area contributed by atoms with E-state index < -0.39 is 6.09 Å². The third-order valence-electron chi connectivity index (χ3n) is 5.60. The molecule has 1 fully saturated rings. The molecule has 180 valence electrons. The molecule has 2 N–H and O–H groups in total. The number of fused-ring (bicyclic) bond motifs is 1. The molecule has 0 unspecified atom stereocenters. The van der Waals surface area contributed by atoms with Crippen LogP contribution in [0.15, 0.2) is 48.7 Å². The second kappa shape index (κ2) is 9.94. The van der Waals surface area contributed by atoms with Crippen LogP contribution in [-0.2, 0) is 16.1 Å². The summed E-state index contributed by atoms with van der Waals surface area (Å²) in [6.07, 6.45) is 1.66.